The zero-order valence-corrected chi connectivity index (χ0v) is 15.7. The largest absolute Gasteiger partial charge is 0.497 e. The van der Waals surface area contributed by atoms with Crippen LogP contribution in [0.4, 0.5) is 5.69 Å². The zero-order valence-electron chi connectivity index (χ0n) is 15.7. The van der Waals surface area contributed by atoms with Gasteiger partial charge in [-0.15, -0.1) is 0 Å². The molecule has 3 aromatic carbocycles. The van der Waals surface area contributed by atoms with Crippen molar-refractivity contribution in [2.45, 2.75) is 18.9 Å². The molecule has 0 aromatic heterocycles. The van der Waals surface area contributed by atoms with Crippen LogP contribution < -0.4 is 10.1 Å². The molecule has 1 unspecified atom stereocenters. The van der Waals surface area contributed by atoms with E-state index in [0.29, 0.717) is 13.0 Å². The van der Waals surface area contributed by atoms with Crippen molar-refractivity contribution in [3.8, 4) is 5.75 Å². The summed E-state index contributed by atoms with van der Waals surface area (Å²) >= 11 is 0. The molecule has 0 saturated carbocycles. The van der Waals surface area contributed by atoms with Crippen LogP contribution in [-0.4, -0.2) is 36.4 Å². The topological polar surface area (TPSA) is 58.6 Å². The van der Waals surface area contributed by atoms with Crippen LogP contribution in [0.3, 0.4) is 0 Å². The molecule has 1 aliphatic rings. The lowest BCUT2D eigenvalue weighted by Crippen LogP contribution is -2.36. The van der Waals surface area contributed by atoms with Gasteiger partial charge in [-0.05, 0) is 47.0 Å². The highest BCUT2D eigenvalue weighted by atomic mass is 16.5. The SMILES string of the molecule is COc1ccc(CCN2C(=O)CC(Nc3ccc4ccccc4c3)C2=O)cc1. The maximum Gasteiger partial charge on any atom is 0.252 e. The average molecular weight is 374 g/mol. The first-order chi connectivity index (χ1) is 13.6. The molecule has 1 atom stereocenters. The van der Waals surface area contributed by atoms with Gasteiger partial charge in [0.05, 0.1) is 13.5 Å². The fraction of sp³-hybridized carbons (Fsp3) is 0.217. The fourth-order valence-corrected chi connectivity index (χ4v) is 3.54. The normalized spacial score (nSPS) is 16.6. The molecule has 1 heterocycles. The molecule has 2 amide bonds. The number of nitrogens with one attached hydrogen (secondary N) is 1. The van der Waals surface area contributed by atoms with E-state index in [4.69, 9.17) is 4.74 Å². The first-order valence-electron chi connectivity index (χ1n) is 9.36. The summed E-state index contributed by atoms with van der Waals surface area (Å²) in [5.74, 6) is 0.500. The summed E-state index contributed by atoms with van der Waals surface area (Å²) in [4.78, 5) is 26.5. The molecule has 0 aliphatic carbocycles. The minimum atomic E-state index is -0.510. The van der Waals surface area contributed by atoms with Crippen molar-refractivity contribution in [2.75, 3.05) is 19.0 Å². The summed E-state index contributed by atoms with van der Waals surface area (Å²) in [7, 11) is 1.62. The smallest absolute Gasteiger partial charge is 0.252 e. The zero-order chi connectivity index (χ0) is 19.5. The van der Waals surface area contributed by atoms with Crippen molar-refractivity contribution in [1.29, 1.82) is 0 Å². The first kappa shape index (κ1) is 18.0. The second-order valence-electron chi connectivity index (χ2n) is 6.94. The third kappa shape index (κ3) is 3.69. The number of rotatable bonds is 6. The Morgan fingerprint density at radius 1 is 1.00 bits per heavy atom. The lowest BCUT2D eigenvalue weighted by atomic mass is 10.1. The van der Waals surface area contributed by atoms with Crippen molar-refractivity contribution in [3.63, 3.8) is 0 Å². The summed E-state index contributed by atoms with van der Waals surface area (Å²) in [6, 6.07) is 21.2. The first-order valence-corrected chi connectivity index (χ1v) is 9.36. The second-order valence-corrected chi connectivity index (χ2v) is 6.94. The Kier molecular flexibility index (Phi) is 4.98. The van der Waals surface area contributed by atoms with E-state index in [1.54, 1.807) is 7.11 Å². The number of carbonyl (C=O) groups is 2. The Balaban J connectivity index is 1.41. The number of anilines is 1. The predicted molar refractivity (Wildman–Crippen MR) is 109 cm³/mol. The molecule has 0 radical (unpaired) electrons. The summed E-state index contributed by atoms with van der Waals surface area (Å²) < 4.78 is 5.15. The number of nitrogens with zero attached hydrogens (tertiary/aromatic N) is 1. The Hall–Kier alpha value is -3.34. The highest BCUT2D eigenvalue weighted by Crippen LogP contribution is 2.23. The van der Waals surface area contributed by atoms with Gasteiger partial charge in [-0.2, -0.15) is 0 Å². The van der Waals surface area contributed by atoms with Gasteiger partial charge in [0, 0.05) is 12.2 Å². The molecule has 5 heteroatoms. The van der Waals surface area contributed by atoms with Gasteiger partial charge in [-0.1, -0.05) is 42.5 Å². The summed E-state index contributed by atoms with van der Waals surface area (Å²) in [6.45, 7) is 0.389. The van der Waals surface area contributed by atoms with Gasteiger partial charge in [-0.25, -0.2) is 0 Å². The number of likely N-dealkylation sites (tertiary alicyclic amines) is 1. The van der Waals surface area contributed by atoms with E-state index in [9.17, 15) is 9.59 Å². The van der Waals surface area contributed by atoms with Crippen molar-refractivity contribution in [2.24, 2.45) is 0 Å². The molecule has 0 bridgehead atoms. The highest BCUT2D eigenvalue weighted by molar-refractivity contribution is 6.07. The molecular weight excluding hydrogens is 352 g/mol. The van der Waals surface area contributed by atoms with Gasteiger partial charge >= 0.3 is 0 Å². The van der Waals surface area contributed by atoms with Crippen LogP contribution in [-0.2, 0) is 16.0 Å². The van der Waals surface area contributed by atoms with Crippen LogP contribution in [0.15, 0.2) is 66.7 Å². The summed E-state index contributed by atoms with van der Waals surface area (Å²) in [5, 5.41) is 5.47. The minimum absolute atomic E-state index is 0.128. The van der Waals surface area contributed by atoms with E-state index in [2.05, 4.69) is 5.32 Å². The molecule has 3 aromatic rings. The van der Waals surface area contributed by atoms with E-state index >= 15 is 0 Å². The predicted octanol–water partition coefficient (Wildman–Crippen LogP) is 3.63. The third-order valence-electron chi connectivity index (χ3n) is 5.12. The number of hydrogen-bond acceptors (Lipinski definition) is 4. The molecular formula is C23H22N2O3. The maximum absolute atomic E-state index is 12.7. The van der Waals surface area contributed by atoms with E-state index in [0.717, 1.165) is 27.8 Å². The number of fused-ring (bicyclic) bond motifs is 1. The van der Waals surface area contributed by atoms with Gasteiger partial charge in [0.15, 0.2) is 0 Å². The fourth-order valence-electron chi connectivity index (χ4n) is 3.54. The van der Waals surface area contributed by atoms with Crippen LogP contribution in [0.2, 0.25) is 0 Å². The summed E-state index contributed by atoms with van der Waals surface area (Å²) in [5.41, 5.74) is 1.91. The van der Waals surface area contributed by atoms with Crippen LogP contribution in [0.25, 0.3) is 10.8 Å². The molecule has 28 heavy (non-hydrogen) atoms. The lowest BCUT2D eigenvalue weighted by Gasteiger charge is -2.16. The number of benzene rings is 3. The van der Waals surface area contributed by atoms with Crippen molar-refractivity contribution < 1.29 is 14.3 Å². The quantitative estimate of drug-likeness (QED) is 0.670. The second kappa shape index (κ2) is 7.72. The van der Waals surface area contributed by atoms with Crippen molar-refractivity contribution >= 4 is 28.3 Å². The molecule has 1 fully saturated rings. The number of amides is 2. The van der Waals surface area contributed by atoms with Crippen LogP contribution in [0.5, 0.6) is 5.75 Å². The molecule has 1 aliphatic heterocycles. The summed E-state index contributed by atoms with van der Waals surface area (Å²) in [6.07, 6.45) is 0.818. The third-order valence-corrected chi connectivity index (χ3v) is 5.12. The van der Waals surface area contributed by atoms with Crippen molar-refractivity contribution in [3.05, 3.63) is 72.3 Å². The van der Waals surface area contributed by atoms with Crippen LogP contribution in [0, 0.1) is 0 Å². The molecule has 5 nitrogen and oxygen atoms in total. The molecule has 0 spiro atoms. The van der Waals surface area contributed by atoms with Gasteiger partial charge in [0.1, 0.15) is 11.8 Å². The Morgan fingerprint density at radius 3 is 2.50 bits per heavy atom. The standard InChI is InChI=1S/C23H22N2O3/c1-28-20-10-6-16(7-11-20)12-13-25-22(26)15-21(23(25)27)24-19-9-8-17-4-2-3-5-18(17)14-19/h2-11,14,21,24H,12-13,15H2,1H3. The number of hydrogen-bond donors (Lipinski definition) is 1. The minimum Gasteiger partial charge on any atom is -0.497 e. The van der Waals surface area contributed by atoms with Crippen LogP contribution >= 0.6 is 0 Å². The Labute approximate surface area is 163 Å². The van der Waals surface area contributed by atoms with Gasteiger partial charge < -0.3 is 10.1 Å². The molecule has 1 N–H and O–H groups in total. The van der Waals surface area contributed by atoms with E-state index < -0.39 is 6.04 Å². The van der Waals surface area contributed by atoms with E-state index in [1.165, 1.54) is 4.90 Å². The lowest BCUT2D eigenvalue weighted by molar-refractivity contribution is -0.138. The molecule has 142 valence electrons. The molecule has 4 rings (SSSR count). The van der Waals surface area contributed by atoms with E-state index in [-0.39, 0.29) is 18.2 Å². The maximum atomic E-state index is 12.7. The Morgan fingerprint density at radius 2 is 1.75 bits per heavy atom. The van der Waals surface area contributed by atoms with Gasteiger partial charge in [-0.3, -0.25) is 14.5 Å². The number of ether oxygens (including phenoxy) is 1. The monoisotopic (exact) mass is 374 g/mol. The van der Waals surface area contributed by atoms with Gasteiger partial charge in [0.2, 0.25) is 5.91 Å². The Bertz CT molecular complexity index is 1010. The number of imide groups is 1. The van der Waals surface area contributed by atoms with Crippen LogP contribution in [0.1, 0.15) is 12.0 Å². The number of carbonyl (C=O) groups excluding carboxylic acids is 2. The number of methoxy groups -OCH3 is 1. The van der Waals surface area contributed by atoms with Crippen molar-refractivity contribution in [1.82, 2.24) is 4.90 Å². The average Bonchev–Trinajstić information content (AvgIpc) is 2.99. The van der Waals surface area contributed by atoms with Gasteiger partial charge in [0.25, 0.3) is 5.91 Å². The highest BCUT2D eigenvalue weighted by Gasteiger charge is 2.38. The van der Waals surface area contributed by atoms with E-state index in [1.807, 2.05) is 66.7 Å². The molecule has 1 saturated heterocycles.